The number of rotatable bonds is 0. The van der Waals surface area contributed by atoms with Crippen molar-refractivity contribution in [1.29, 1.82) is 0 Å². The first-order chi connectivity index (χ1) is 5.21. The van der Waals surface area contributed by atoms with Crippen LogP contribution in [-0.4, -0.2) is 35.7 Å². The van der Waals surface area contributed by atoms with E-state index in [2.05, 4.69) is 15.0 Å². The second-order valence-electron chi connectivity index (χ2n) is 2.54. The van der Waals surface area contributed by atoms with Crippen molar-refractivity contribution in [3.63, 3.8) is 0 Å². The molecule has 0 radical (unpaired) electrons. The van der Waals surface area contributed by atoms with Gasteiger partial charge in [0.2, 0.25) is 0 Å². The van der Waals surface area contributed by atoms with Crippen LogP contribution < -0.4 is 11.6 Å². The lowest BCUT2D eigenvalue weighted by atomic mass is 10.1. The third kappa shape index (κ3) is 0.837. The van der Waals surface area contributed by atoms with Crippen molar-refractivity contribution < 1.29 is 0 Å². The molecule has 2 heterocycles. The van der Waals surface area contributed by atoms with E-state index in [0.717, 1.165) is 0 Å². The Kier molecular flexibility index (Phi) is 1.09. The van der Waals surface area contributed by atoms with E-state index < -0.39 is 5.66 Å². The lowest BCUT2D eigenvalue weighted by Gasteiger charge is -2.28. The van der Waals surface area contributed by atoms with E-state index in [0.29, 0.717) is 12.4 Å². The van der Waals surface area contributed by atoms with Gasteiger partial charge in [-0.05, 0) is 0 Å². The zero-order valence-corrected chi connectivity index (χ0v) is 5.81. The Bertz CT molecular complexity index is 266. The van der Waals surface area contributed by atoms with Gasteiger partial charge in [0.05, 0.1) is 6.54 Å². The van der Waals surface area contributed by atoms with Crippen LogP contribution in [0.1, 0.15) is 0 Å². The average molecular weight is 152 g/mol. The van der Waals surface area contributed by atoms with Crippen molar-refractivity contribution in [3.05, 3.63) is 0 Å². The Morgan fingerprint density at radius 2 is 2.45 bits per heavy atom. The molecule has 0 fully saturated rings. The van der Waals surface area contributed by atoms with Crippen LogP contribution in [0.5, 0.6) is 0 Å². The Labute approximate surface area is 63.3 Å². The summed E-state index contributed by atoms with van der Waals surface area (Å²) in [6, 6.07) is 0. The summed E-state index contributed by atoms with van der Waals surface area (Å²) in [5.74, 6) is 5.98. The van der Waals surface area contributed by atoms with Gasteiger partial charge in [-0.15, -0.1) is 0 Å². The van der Waals surface area contributed by atoms with Gasteiger partial charge >= 0.3 is 0 Å². The van der Waals surface area contributed by atoms with Gasteiger partial charge in [0.15, 0.2) is 11.5 Å². The molecule has 0 aliphatic carbocycles. The summed E-state index contributed by atoms with van der Waals surface area (Å²) in [5, 5.41) is 1.39. The number of aliphatic imine (C=N–C) groups is 3. The van der Waals surface area contributed by atoms with E-state index in [-0.39, 0.29) is 0 Å². The van der Waals surface area contributed by atoms with Crippen molar-refractivity contribution >= 4 is 18.5 Å². The van der Waals surface area contributed by atoms with Crippen LogP contribution in [-0.2, 0) is 0 Å². The highest BCUT2D eigenvalue weighted by molar-refractivity contribution is 6.05. The molecule has 0 amide bonds. The predicted molar refractivity (Wildman–Crippen MR) is 42.2 cm³/mol. The second-order valence-corrected chi connectivity index (χ2v) is 2.54. The van der Waals surface area contributed by atoms with E-state index in [9.17, 15) is 0 Å². The quantitative estimate of drug-likeness (QED) is 0.405. The van der Waals surface area contributed by atoms with Crippen LogP contribution in [0.25, 0.3) is 0 Å². The minimum atomic E-state index is -0.816. The number of fused-ring (bicyclic) bond motifs is 1. The molecule has 2 aliphatic heterocycles. The molecule has 0 aromatic rings. The SMILES string of the molecule is NN1C=NC2=NC=NC2(N)C1. The van der Waals surface area contributed by atoms with Crippen LogP contribution in [0, 0.1) is 0 Å². The normalized spacial score (nSPS) is 34.0. The fourth-order valence-corrected chi connectivity index (χ4v) is 1.06. The molecule has 0 saturated carbocycles. The van der Waals surface area contributed by atoms with Crippen molar-refractivity contribution in [1.82, 2.24) is 5.01 Å². The molecule has 0 aromatic carbocycles. The molecule has 0 saturated heterocycles. The van der Waals surface area contributed by atoms with E-state index in [4.69, 9.17) is 11.6 Å². The molecule has 2 rings (SSSR count). The number of amidine groups is 1. The van der Waals surface area contributed by atoms with Gasteiger partial charge < -0.3 is 0 Å². The summed E-state index contributed by atoms with van der Waals surface area (Å²) < 4.78 is 0. The van der Waals surface area contributed by atoms with E-state index in [1.165, 1.54) is 17.7 Å². The maximum atomic E-state index is 5.79. The molecular weight excluding hydrogens is 144 g/mol. The molecular formula is C5H8N6. The highest BCUT2D eigenvalue weighted by atomic mass is 15.5. The summed E-state index contributed by atoms with van der Waals surface area (Å²) in [6.07, 6.45) is 2.89. The largest absolute Gasteiger partial charge is 0.299 e. The molecule has 1 unspecified atom stereocenters. The zero-order valence-electron chi connectivity index (χ0n) is 5.81. The zero-order chi connectivity index (χ0) is 7.90. The number of hydrazine groups is 1. The number of nitrogens with two attached hydrogens (primary N) is 2. The van der Waals surface area contributed by atoms with Crippen molar-refractivity contribution in [2.24, 2.45) is 26.6 Å². The third-order valence-corrected chi connectivity index (χ3v) is 1.61. The highest BCUT2D eigenvalue weighted by Gasteiger charge is 2.37. The smallest absolute Gasteiger partial charge is 0.189 e. The van der Waals surface area contributed by atoms with Gasteiger partial charge in [0.25, 0.3) is 0 Å². The molecule has 0 bridgehead atoms. The maximum Gasteiger partial charge on any atom is 0.189 e. The Balaban J connectivity index is 2.38. The monoisotopic (exact) mass is 152 g/mol. The van der Waals surface area contributed by atoms with E-state index in [1.54, 1.807) is 0 Å². The predicted octanol–water partition coefficient (Wildman–Crippen LogP) is -1.70. The van der Waals surface area contributed by atoms with E-state index >= 15 is 0 Å². The molecule has 58 valence electrons. The highest BCUT2D eigenvalue weighted by Crippen LogP contribution is 2.15. The molecule has 11 heavy (non-hydrogen) atoms. The van der Waals surface area contributed by atoms with Crippen LogP contribution in [0.3, 0.4) is 0 Å². The first kappa shape index (κ1) is 6.44. The van der Waals surface area contributed by atoms with Crippen LogP contribution in [0.15, 0.2) is 15.0 Å². The lowest BCUT2D eigenvalue weighted by Crippen LogP contribution is -2.57. The summed E-state index contributed by atoms with van der Waals surface area (Å²) in [5.41, 5.74) is 4.97. The Hall–Kier alpha value is -1.27. The molecule has 2 aliphatic rings. The molecule has 6 nitrogen and oxygen atoms in total. The molecule has 0 spiro atoms. The summed E-state index contributed by atoms with van der Waals surface area (Å²) >= 11 is 0. The van der Waals surface area contributed by atoms with Crippen molar-refractivity contribution in [2.45, 2.75) is 5.66 Å². The fraction of sp³-hybridized carbons (Fsp3) is 0.400. The van der Waals surface area contributed by atoms with Gasteiger partial charge in [-0.1, -0.05) is 0 Å². The number of hydrogen-bond acceptors (Lipinski definition) is 6. The first-order valence-corrected chi connectivity index (χ1v) is 3.17. The average Bonchev–Trinajstić information content (AvgIpc) is 2.28. The van der Waals surface area contributed by atoms with Gasteiger partial charge in [0.1, 0.15) is 12.7 Å². The Morgan fingerprint density at radius 3 is 3.27 bits per heavy atom. The van der Waals surface area contributed by atoms with Gasteiger partial charge in [-0.2, -0.15) is 0 Å². The topological polar surface area (TPSA) is 92.4 Å². The minimum absolute atomic E-state index is 0.422. The van der Waals surface area contributed by atoms with Crippen molar-refractivity contribution in [3.8, 4) is 0 Å². The number of hydrogen-bond donors (Lipinski definition) is 2. The van der Waals surface area contributed by atoms with Crippen LogP contribution >= 0.6 is 0 Å². The van der Waals surface area contributed by atoms with Gasteiger partial charge in [-0.25, -0.2) is 20.8 Å². The molecule has 0 aromatic heterocycles. The van der Waals surface area contributed by atoms with Crippen LogP contribution in [0.4, 0.5) is 0 Å². The third-order valence-electron chi connectivity index (χ3n) is 1.61. The second kappa shape index (κ2) is 1.86. The molecule has 1 atom stereocenters. The maximum absolute atomic E-state index is 5.79. The van der Waals surface area contributed by atoms with Gasteiger partial charge in [-0.3, -0.25) is 10.7 Å². The summed E-state index contributed by atoms with van der Waals surface area (Å²) in [4.78, 5) is 11.8. The molecule has 6 heteroatoms. The fourth-order valence-electron chi connectivity index (χ4n) is 1.06. The standard InChI is InChI=1S/C5H8N6/c6-5-1-11(7)3-9-4(5)8-2-10-5/h2-3H,1,6-7H2. The van der Waals surface area contributed by atoms with E-state index in [1.807, 2.05) is 0 Å². The first-order valence-electron chi connectivity index (χ1n) is 3.17. The van der Waals surface area contributed by atoms with Crippen molar-refractivity contribution in [2.75, 3.05) is 6.54 Å². The summed E-state index contributed by atoms with van der Waals surface area (Å²) in [6.45, 7) is 0.422. The minimum Gasteiger partial charge on any atom is -0.299 e. The van der Waals surface area contributed by atoms with Crippen LogP contribution in [0.2, 0.25) is 0 Å². The lowest BCUT2D eigenvalue weighted by molar-refractivity contribution is 0.369. The summed E-state index contributed by atoms with van der Waals surface area (Å²) in [7, 11) is 0. The Morgan fingerprint density at radius 1 is 1.64 bits per heavy atom. The molecule has 4 N–H and O–H groups in total. The number of nitrogens with zero attached hydrogens (tertiary/aromatic N) is 4. The van der Waals surface area contributed by atoms with Gasteiger partial charge in [0, 0.05) is 0 Å².